The van der Waals surface area contributed by atoms with Gasteiger partial charge in [-0.2, -0.15) is 0 Å². The minimum atomic E-state index is -0.993. The molecule has 4 rings (SSSR count). The van der Waals surface area contributed by atoms with Crippen LogP contribution in [0.3, 0.4) is 0 Å². The molecule has 0 saturated carbocycles. The third kappa shape index (κ3) is 3.43. The molecule has 1 aromatic heterocycles. The number of aliphatic hydroxyl groups excluding tert-OH is 1. The normalized spacial score (nSPS) is 17.8. The van der Waals surface area contributed by atoms with Gasteiger partial charge in [-0.3, -0.25) is 14.5 Å². The molecule has 1 aliphatic heterocycles. The number of para-hydroxylation sites is 2. The molecule has 3 aromatic rings. The highest BCUT2D eigenvalue weighted by Crippen LogP contribution is 2.45. The van der Waals surface area contributed by atoms with Crippen molar-refractivity contribution in [1.82, 2.24) is 0 Å². The SMILES string of the molecule is COc1ccc(/C(O)=C2/C(=O)C(=O)N(c3ccccc3OC)C2c2ccco2)cc1Cl. The van der Waals surface area contributed by atoms with Crippen LogP contribution in [0.25, 0.3) is 5.76 Å². The van der Waals surface area contributed by atoms with Crippen LogP contribution in [0.4, 0.5) is 5.69 Å². The van der Waals surface area contributed by atoms with Crippen LogP contribution in [0.1, 0.15) is 17.4 Å². The van der Waals surface area contributed by atoms with Crippen LogP contribution in [-0.2, 0) is 9.59 Å². The maximum atomic E-state index is 13.1. The second-order valence-corrected chi connectivity index (χ2v) is 7.11. The quantitative estimate of drug-likeness (QED) is 0.355. The van der Waals surface area contributed by atoms with E-state index in [1.165, 1.54) is 31.4 Å². The molecule has 1 aliphatic rings. The van der Waals surface area contributed by atoms with E-state index in [1.54, 1.807) is 48.5 Å². The zero-order chi connectivity index (χ0) is 22.1. The molecule has 0 spiro atoms. The van der Waals surface area contributed by atoms with Gasteiger partial charge in [-0.1, -0.05) is 23.7 Å². The van der Waals surface area contributed by atoms with Gasteiger partial charge < -0.3 is 19.0 Å². The summed E-state index contributed by atoms with van der Waals surface area (Å²) in [6.07, 6.45) is 1.43. The summed E-state index contributed by atoms with van der Waals surface area (Å²) in [7, 11) is 2.94. The second kappa shape index (κ2) is 8.20. The van der Waals surface area contributed by atoms with Crippen molar-refractivity contribution in [3.8, 4) is 11.5 Å². The monoisotopic (exact) mass is 439 g/mol. The number of ether oxygens (including phenoxy) is 2. The molecule has 2 heterocycles. The fraction of sp³-hybridized carbons (Fsp3) is 0.130. The van der Waals surface area contributed by atoms with Gasteiger partial charge in [0.25, 0.3) is 11.7 Å². The van der Waals surface area contributed by atoms with E-state index in [-0.39, 0.29) is 21.9 Å². The Labute approximate surface area is 183 Å². The summed E-state index contributed by atoms with van der Waals surface area (Å²) in [6, 6.07) is 13.7. The Balaban J connectivity index is 1.93. The summed E-state index contributed by atoms with van der Waals surface area (Å²) >= 11 is 6.19. The number of hydrogen-bond acceptors (Lipinski definition) is 6. The number of carbonyl (C=O) groups is 2. The van der Waals surface area contributed by atoms with Gasteiger partial charge in [-0.15, -0.1) is 0 Å². The van der Waals surface area contributed by atoms with Crippen LogP contribution < -0.4 is 14.4 Å². The third-order valence-electron chi connectivity index (χ3n) is 5.03. The first-order valence-corrected chi connectivity index (χ1v) is 9.67. The first-order chi connectivity index (χ1) is 15.0. The lowest BCUT2D eigenvalue weighted by Gasteiger charge is -2.24. The van der Waals surface area contributed by atoms with E-state index >= 15 is 0 Å². The molecule has 7 nitrogen and oxygen atoms in total. The van der Waals surface area contributed by atoms with E-state index in [1.807, 2.05) is 0 Å². The number of rotatable bonds is 5. The molecule has 0 radical (unpaired) electrons. The first kappa shape index (κ1) is 20.6. The lowest BCUT2D eigenvalue weighted by Crippen LogP contribution is -2.29. The fourth-order valence-corrected chi connectivity index (χ4v) is 3.85. The summed E-state index contributed by atoms with van der Waals surface area (Å²) in [4.78, 5) is 27.4. The molecule has 2 aromatic carbocycles. The predicted octanol–water partition coefficient (Wildman–Crippen LogP) is 4.58. The molecule has 1 amide bonds. The van der Waals surface area contributed by atoms with Gasteiger partial charge >= 0.3 is 0 Å². The number of Topliss-reactive ketones (excluding diaryl/α,β-unsaturated/α-hetero) is 1. The van der Waals surface area contributed by atoms with Crippen molar-refractivity contribution in [2.75, 3.05) is 19.1 Å². The summed E-state index contributed by atoms with van der Waals surface area (Å²) < 4.78 is 16.1. The molecule has 1 unspecified atom stereocenters. The van der Waals surface area contributed by atoms with Crippen LogP contribution in [0.15, 0.2) is 70.9 Å². The number of amides is 1. The second-order valence-electron chi connectivity index (χ2n) is 6.71. The number of furan rings is 1. The largest absolute Gasteiger partial charge is 0.507 e. The van der Waals surface area contributed by atoms with E-state index in [0.717, 1.165) is 0 Å². The Hall–Kier alpha value is -3.71. The number of methoxy groups -OCH3 is 2. The Kier molecular flexibility index (Phi) is 5.44. The number of hydrogen-bond donors (Lipinski definition) is 1. The van der Waals surface area contributed by atoms with Crippen LogP contribution in [0, 0.1) is 0 Å². The molecule has 31 heavy (non-hydrogen) atoms. The Morgan fingerprint density at radius 3 is 2.42 bits per heavy atom. The van der Waals surface area contributed by atoms with Crippen molar-refractivity contribution in [1.29, 1.82) is 0 Å². The van der Waals surface area contributed by atoms with E-state index in [9.17, 15) is 14.7 Å². The molecular weight excluding hydrogens is 422 g/mol. The number of benzene rings is 2. The van der Waals surface area contributed by atoms with Gasteiger partial charge in [0.05, 0.1) is 36.8 Å². The molecule has 8 heteroatoms. The highest BCUT2D eigenvalue weighted by molar-refractivity contribution is 6.51. The van der Waals surface area contributed by atoms with E-state index in [0.29, 0.717) is 22.9 Å². The number of ketones is 1. The Bertz CT molecular complexity index is 1180. The molecule has 0 bridgehead atoms. The average Bonchev–Trinajstić information content (AvgIpc) is 3.40. The van der Waals surface area contributed by atoms with Crippen LogP contribution >= 0.6 is 11.6 Å². The Morgan fingerprint density at radius 1 is 1.03 bits per heavy atom. The van der Waals surface area contributed by atoms with Gasteiger partial charge in [0, 0.05) is 5.56 Å². The van der Waals surface area contributed by atoms with E-state index in [4.69, 9.17) is 25.5 Å². The number of halogens is 1. The minimum Gasteiger partial charge on any atom is -0.507 e. The maximum Gasteiger partial charge on any atom is 0.300 e. The van der Waals surface area contributed by atoms with Crippen molar-refractivity contribution in [3.63, 3.8) is 0 Å². The molecule has 158 valence electrons. The highest BCUT2D eigenvalue weighted by atomic mass is 35.5. The van der Waals surface area contributed by atoms with Crippen molar-refractivity contribution >= 4 is 34.7 Å². The standard InChI is InChI=1S/C23H18ClNO6/c1-29-16-10-9-13(12-14(16)24)21(26)19-20(18-8-5-11-31-18)25(23(28)22(19)27)15-6-3-4-7-17(15)30-2/h3-12,20,26H,1-2H3/b21-19-. The Morgan fingerprint density at radius 2 is 1.77 bits per heavy atom. The van der Waals surface area contributed by atoms with Gasteiger partial charge in [-0.05, 0) is 42.5 Å². The first-order valence-electron chi connectivity index (χ1n) is 9.29. The summed E-state index contributed by atoms with van der Waals surface area (Å²) in [5, 5.41) is 11.3. The summed E-state index contributed by atoms with van der Waals surface area (Å²) in [5.41, 5.74) is 0.521. The number of carbonyl (C=O) groups excluding carboxylic acids is 2. The van der Waals surface area contributed by atoms with Crippen molar-refractivity contribution in [2.45, 2.75) is 6.04 Å². The molecule has 1 fully saturated rings. The van der Waals surface area contributed by atoms with Crippen LogP contribution in [0.2, 0.25) is 5.02 Å². The average molecular weight is 440 g/mol. The predicted molar refractivity (Wildman–Crippen MR) is 114 cm³/mol. The molecule has 0 aliphatic carbocycles. The van der Waals surface area contributed by atoms with E-state index < -0.39 is 17.7 Å². The lowest BCUT2D eigenvalue weighted by atomic mass is 9.99. The maximum absolute atomic E-state index is 13.1. The van der Waals surface area contributed by atoms with Crippen molar-refractivity contribution in [2.24, 2.45) is 0 Å². The van der Waals surface area contributed by atoms with Gasteiger partial charge in [0.15, 0.2) is 0 Å². The van der Waals surface area contributed by atoms with Crippen LogP contribution in [0.5, 0.6) is 11.5 Å². The summed E-state index contributed by atoms with van der Waals surface area (Å²) in [5.74, 6) is -0.916. The number of aliphatic hydroxyl groups is 1. The molecule has 1 N–H and O–H groups in total. The molecular formula is C23H18ClNO6. The zero-order valence-corrected chi connectivity index (χ0v) is 17.4. The van der Waals surface area contributed by atoms with Crippen molar-refractivity contribution < 1.29 is 28.6 Å². The lowest BCUT2D eigenvalue weighted by molar-refractivity contribution is -0.132. The third-order valence-corrected chi connectivity index (χ3v) is 5.32. The highest BCUT2D eigenvalue weighted by Gasteiger charge is 2.49. The molecule has 1 atom stereocenters. The van der Waals surface area contributed by atoms with Gasteiger partial charge in [0.1, 0.15) is 29.1 Å². The topological polar surface area (TPSA) is 89.2 Å². The van der Waals surface area contributed by atoms with Crippen molar-refractivity contribution in [3.05, 3.63) is 82.8 Å². The number of anilines is 1. The fourth-order valence-electron chi connectivity index (χ4n) is 3.59. The molecule has 1 saturated heterocycles. The van der Waals surface area contributed by atoms with Gasteiger partial charge in [0.2, 0.25) is 0 Å². The summed E-state index contributed by atoms with van der Waals surface area (Å²) in [6.45, 7) is 0. The smallest absolute Gasteiger partial charge is 0.300 e. The zero-order valence-electron chi connectivity index (χ0n) is 16.7. The minimum absolute atomic E-state index is 0.118. The van der Waals surface area contributed by atoms with Gasteiger partial charge in [-0.25, -0.2) is 0 Å². The number of nitrogens with zero attached hydrogens (tertiary/aromatic N) is 1. The van der Waals surface area contributed by atoms with E-state index in [2.05, 4.69) is 0 Å². The van der Waals surface area contributed by atoms with Crippen LogP contribution in [-0.4, -0.2) is 31.0 Å².